The molecule has 0 radical (unpaired) electrons. The van der Waals surface area contributed by atoms with E-state index < -0.39 is 0 Å². The molecular weight excluding hydrogens is 190 g/mol. The Kier molecular flexibility index (Phi) is 2.54. The smallest absolute Gasteiger partial charge is 0.258 e. The summed E-state index contributed by atoms with van der Waals surface area (Å²) in [6, 6.07) is 5.72. The highest BCUT2D eigenvalue weighted by Gasteiger charge is 2.24. The summed E-state index contributed by atoms with van der Waals surface area (Å²) in [4.78, 5) is 22.8. The number of carbonyl (C=O) groups is 2. The Bertz CT molecular complexity index is 424. The lowest BCUT2D eigenvalue weighted by atomic mass is 9.93. The first kappa shape index (κ1) is 9.90. The lowest BCUT2D eigenvalue weighted by Crippen LogP contribution is -2.37. The molecule has 1 aliphatic heterocycles. The Morgan fingerprint density at radius 2 is 2.13 bits per heavy atom. The minimum Gasteiger partial charge on any atom is -0.292 e. The molecule has 1 aromatic rings. The molecule has 15 heavy (non-hydrogen) atoms. The highest BCUT2D eigenvalue weighted by molar-refractivity contribution is 6.10. The van der Waals surface area contributed by atoms with E-state index in [1.54, 1.807) is 0 Å². The number of nitrogens with one attached hydrogen (secondary N) is 1. The van der Waals surface area contributed by atoms with Crippen LogP contribution in [-0.4, -0.2) is 11.8 Å². The summed E-state index contributed by atoms with van der Waals surface area (Å²) in [5, 5.41) is 2.36. The third-order valence-corrected chi connectivity index (χ3v) is 2.59. The second-order valence-electron chi connectivity index (χ2n) is 3.76. The predicted molar refractivity (Wildman–Crippen MR) is 56.6 cm³/mol. The molecule has 0 atom stereocenters. The summed E-state index contributed by atoms with van der Waals surface area (Å²) < 4.78 is 0. The highest BCUT2D eigenvalue weighted by atomic mass is 16.2. The maximum absolute atomic E-state index is 11.7. The molecule has 0 saturated carbocycles. The van der Waals surface area contributed by atoms with Gasteiger partial charge in [0, 0.05) is 5.56 Å². The van der Waals surface area contributed by atoms with E-state index in [4.69, 9.17) is 0 Å². The average Bonchev–Trinajstić information content (AvgIpc) is 2.17. The van der Waals surface area contributed by atoms with Crippen LogP contribution >= 0.6 is 0 Å². The monoisotopic (exact) mass is 203 g/mol. The van der Waals surface area contributed by atoms with Crippen LogP contribution in [0.1, 0.15) is 34.8 Å². The maximum Gasteiger partial charge on any atom is 0.258 e. The number of carbonyl (C=O) groups excluding carboxylic acids is 2. The molecule has 0 bridgehead atoms. The van der Waals surface area contributed by atoms with Crippen LogP contribution in [0.5, 0.6) is 0 Å². The van der Waals surface area contributed by atoms with Gasteiger partial charge in [0.05, 0.1) is 6.42 Å². The van der Waals surface area contributed by atoms with Crippen LogP contribution in [-0.2, 0) is 17.6 Å². The van der Waals surface area contributed by atoms with E-state index in [0.29, 0.717) is 12.0 Å². The molecule has 0 aromatic heterocycles. The molecule has 1 aliphatic rings. The van der Waals surface area contributed by atoms with Gasteiger partial charge in [-0.1, -0.05) is 31.5 Å². The second kappa shape index (κ2) is 3.85. The van der Waals surface area contributed by atoms with E-state index in [0.717, 1.165) is 24.0 Å². The number of hydrogen-bond acceptors (Lipinski definition) is 2. The number of imide groups is 1. The Labute approximate surface area is 88.5 Å². The number of aryl methyl sites for hydroxylation is 1. The van der Waals surface area contributed by atoms with Crippen LogP contribution in [0.25, 0.3) is 0 Å². The van der Waals surface area contributed by atoms with Crippen molar-refractivity contribution in [3.8, 4) is 0 Å². The van der Waals surface area contributed by atoms with Crippen molar-refractivity contribution in [2.75, 3.05) is 0 Å². The number of hydrogen-bond donors (Lipinski definition) is 1. The third-order valence-electron chi connectivity index (χ3n) is 2.59. The van der Waals surface area contributed by atoms with E-state index in [-0.39, 0.29) is 11.8 Å². The van der Waals surface area contributed by atoms with Crippen molar-refractivity contribution in [3.05, 3.63) is 34.9 Å². The fraction of sp³-hybridized carbons (Fsp3) is 0.333. The van der Waals surface area contributed by atoms with Crippen molar-refractivity contribution in [2.45, 2.75) is 26.2 Å². The molecular formula is C12H13NO2. The molecule has 2 rings (SSSR count). The fourth-order valence-electron chi connectivity index (χ4n) is 1.98. The molecule has 0 spiro atoms. The van der Waals surface area contributed by atoms with Gasteiger partial charge in [-0.05, 0) is 17.5 Å². The lowest BCUT2D eigenvalue weighted by Gasteiger charge is -2.18. The molecule has 3 nitrogen and oxygen atoms in total. The molecule has 78 valence electrons. The van der Waals surface area contributed by atoms with Gasteiger partial charge < -0.3 is 0 Å². The van der Waals surface area contributed by atoms with Crippen molar-refractivity contribution in [1.29, 1.82) is 0 Å². The molecule has 0 aliphatic carbocycles. The van der Waals surface area contributed by atoms with E-state index in [1.807, 2.05) is 18.2 Å². The van der Waals surface area contributed by atoms with Gasteiger partial charge in [0.2, 0.25) is 5.91 Å². The molecule has 0 saturated heterocycles. The van der Waals surface area contributed by atoms with Gasteiger partial charge in [0.25, 0.3) is 5.91 Å². The Morgan fingerprint density at radius 3 is 2.87 bits per heavy atom. The van der Waals surface area contributed by atoms with Crippen molar-refractivity contribution in [2.24, 2.45) is 0 Å². The zero-order chi connectivity index (χ0) is 10.8. The van der Waals surface area contributed by atoms with Crippen LogP contribution in [0.2, 0.25) is 0 Å². The van der Waals surface area contributed by atoms with Gasteiger partial charge in [-0.3, -0.25) is 14.9 Å². The van der Waals surface area contributed by atoms with Gasteiger partial charge in [-0.2, -0.15) is 0 Å². The summed E-state index contributed by atoms with van der Waals surface area (Å²) in [7, 11) is 0. The zero-order valence-corrected chi connectivity index (χ0v) is 8.67. The molecule has 3 heteroatoms. The molecule has 2 amide bonds. The predicted octanol–water partition coefficient (Wildman–Crippen LogP) is 1.45. The number of fused-ring (bicyclic) bond motifs is 1. The molecule has 1 heterocycles. The van der Waals surface area contributed by atoms with Crippen molar-refractivity contribution < 1.29 is 9.59 Å². The first-order valence-corrected chi connectivity index (χ1v) is 5.17. The summed E-state index contributed by atoms with van der Waals surface area (Å²) in [6.07, 6.45) is 2.20. The fourth-order valence-corrected chi connectivity index (χ4v) is 1.98. The van der Waals surface area contributed by atoms with Gasteiger partial charge in [-0.25, -0.2) is 0 Å². The van der Waals surface area contributed by atoms with Gasteiger partial charge in [0.1, 0.15) is 0 Å². The topological polar surface area (TPSA) is 46.2 Å². The maximum atomic E-state index is 11.7. The van der Waals surface area contributed by atoms with Crippen molar-refractivity contribution >= 4 is 11.8 Å². The van der Waals surface area contributed by atoms with Crippen LogP contribution in [0, 0.1) is 0 Å². The van der Waals surface area contributed by atoms with Crippen LogP contribution < -0.4 is 5.32 Å². The van der Waals surface area contributed by atoms with E-state index in [9.17, 15) is 9.59 Å². The molecule has 0 fully saturated rings. The van der Waals surface area contributed by atoms with Crippen molar-refractivity contribution in [1.82, 2.24) is 5.32 Å². The van der Waals surface area contributed by atoms with Gasteiger partial charge in [0.15, 0.2) is 0 Å². The van der Waals surface area contributed by atoms with Crippen LogP contribution in [0.3, 0.4) is 0 Å². The minimum absolute atomic E-state index is 0.207. The lowest BCUT2D eigenvalue weighted by molar-refractivity contribution is -0.119. The Balaban J connectivity index is 2.49. The average molecular weight is 203 g/mol. The quantitative estimate of drug-likeness (QED) is 0.739. The number of benzene rings is 1. The van der Waals surface area contributed by atoms with Crippen LogP contribution in [0.4, 0.5) is 0 Å². The summed E-state index contributed by atoms with van der Waals surface area (Å²) in [5.74, 6) is -0.452. The van der Waals surface area contributed by atoms with E-state index in [2.05, 4.69) is 12.2 Å². The van der Waals surface area contributed by atoms with E-state index >= 15 is 0 Å². The largest absolute Gasteiger partial charge is 0.292 e. The molecule has 1 aromatic carbocycles. The van der Waals surface area contributed by atoms with Gasteiger partial charge >= 0.3 is 0 Å². The molecule has 1 N–H and O–H groups in total. The first-order valence-electron chi connectivity index (χ1n) is 5.17. The highest BCUT2D eigenvalue weighted by Crippen LogP contribution is 2.20. The Hall–Kier alpha value is -1.64. The van der Waals surface area contributed by atoms with Gasteiger partial charge in [-0.15, -0.1) is 0 Å². The first-order chi connectivity index (χ1) is 7.22. The van der Waals surface area contributed by atoms with Crippen LogP contribution in [0.15, 0.2) is 18.2 Å². The molecule has 0 unspecified atom stereocenters. The standard InChI is InChI=1S/C12H13NO2/c1-2-4-8-5-3-6-9-7-10(14)13-12(15)11(8)9/h3,5-6H,2,4,7H2,1H3,(H,13,14,15). The number of amides is 2. The minimum atomic E-state index is -0.245. The SMILES string of the molecule is CCCc1cccc2c1C(=O)NC(=O)C2. The normalized spacial score (nSPS) is 14.7. The summed E-state index contributed by atoms with van der Waals surface area (Å²) in [6.45, 7) is 2.07. The van der Waals surface area contributed by atoms with Crippen molar-refractivity contribution in [3.63, 3.8) is 0 Å². The second-order valence-corrected chi connectivity index (χ2v) is 3.76. The number of rotatable bonds is 2. The Morgan fingerprint density at radius 1 is 1.33 bits per heavy atom. The summed E-state index contributed by atoms with van der Waals surface area (Å²) >= 11 is 0. The third kappa shape index (κ3) is 1.77. The van der Waals surface area contributed by atoms with E-state index in [1.165, 1.54) is 0 Å². The zero-order valence-electron chi connectivity index (χ0n) is 8.67. The summed E-state index contributed by atoms with van der Waals surface area (Å²) in [5.41, 5.74) is 2.61.